The maximum absolute atomic E-state index is 4.47. The first-order valence-corrected chi connectivity index (χ1v) is 7.64. The monoisotopic (exact) mass is 262 g/mol. The summed E-state index contributed by atoms with van der Waals surface area (Å²) in [6.07, 6.45) is 4.07. The van der Waals surface area contributed by atoms with Crippen LogP contribution < -0.4 is 5.32 Å². The second kappa shape index (κ2) is 5.25. The van der Waals surface area contributed by atoms with E-state index in [9.17, 15) is 0 Å². The highest BCUT2D eigenvalue weighted by Crippen LogP contribution is 2.34. The fourth-order valence-electron chi connectivity index (χ4n) is 3.31. The Bertz CT molecular complexity index is 435. The van der Waals surface area contributed by atoms with Gasteiger partial charge in [-0.25, -0.2) is 0 Å². The first kappa shape index (κ1) is 13.1. The molecule has 2 aliphatic rings. The van der Waals surface area contributed by atoms with Gasteiger partial charge >= 0.3 is 0 Å². The van der Waals surface area contributed by atoms with Gasteiger partial charge in [-0.2, -0.15) is 5.10 Å². The molecular weight excluding hydrogens is 236 g/mol. The first-order valence-electron chi connectivity index (χ1n) is 7.64. The number of hydrogen-bond acceptors (Lipinski definition) is 3. The number of hydrogen-bond donors (Lipinski definition) is 1. The number of piperazine rings is 1. The molecule has 0 bridgehead atoms. The van der Waals surface area contributed by atoms with Crippen LogP contribution in [-0.4, -0.2) is 39.9 Å². The van der Waals surface area contributed by atoms with Crippen molar-refractivity contribution < 1.29 is 0 Å². The molecule has 4 nitrogen and oxygen atoms in total. The van der Waals surface area contributed by atoms with Crippen LogP contribution in [0.25, 0.3) is 0 Å². The van der Waals surface area contributed by atoms with Crippen molar-refractivity contribution in [1.82, 2.24) is 20.0 Å². The van der Waals surface area contributed by atoms with Crippen LogP contribution in [0.1, 0.15) is 37.6 Å². The quantitative estimate of drug-likeness (QED) is 0.896. The third kappa shape index (κ3) is 2.84. The van der Waals surface area contributed by atoms with Gasteiger partial charge < -0.3 is 5.32 Å². The van der Waals surface area contributed by atoms with Gasteiger partial charge in [0, 0.05) is 38.8 Å². The summed E-state index contributed by atoms with van der Waals surface area (Å²) in [5.41, 5.74) is 2.46. The Morgan fingerprint density at radius 3 is 2.79 bits per heavy atom. The summed E-state index contributed by atoms with van der Waals surface area (Å²) in [6, 6.07) is 3.61. The zero-order valence-electron chi connectivity index (χ0n) is 12.4. The van der Waals surface area contributed by atoms with Gasteiger partial charge in [-0.15, -0.1) is 0 Å². The number of aryl methyl sites for hydroxylation is 2. The summed E-state index contributed by atoms with van der Waals surface area (Å²) in [6.45, 7) is 7.76. The van der Waals surface area contributed by atoms with E-state index in [0.717, 1.165) is 30.7 Å². The molecule has 0 aromatic carbocycles. The zero-order chi connectivity index (χ0) is 13.4. The van der Waals surface area contributed by atoms with E-state index in [-0.39, 0.29) is 0 Å². The van der Waals surface area contributed by atoms with E-state index in [4.69, 9.17) is 0 Å². The SMILES string of the molecule is CCC1CNC(C2CC2)CN1Cc1cc(C)nn1C. The fourth-order valence-corrected chi connectivity index (χ4v) is 3.31. The Morgan fingerprint density at radius 1 is 1.42 bits per heavy atom. The van der Waals surface area contributed by atoms with Crippen LogP contribution in [0.15, 0.2) is 6.07 Å². The molecule has 0 spiro atoms. The van der Waals surface area contributed by atoms with Crippen LogP contribution in [0.2, 0.25) is 0 Å². The summed E-state index contributed by atoms with van der Waals surface area (Å²) in [5.74, 6) is 0.938. The molecule has 106 valence electrons. The predicted octanol–water partition coefficient (Wildman–Crippen LogP) is 1.69. The maximum atomic E-state index is 4.47. The summed E-state index contributed by atoms with van der Waals surface area (Å²) < 4.78 is 2.04. The van der Waals surface area contributed by atoms with Crippen LogP contribution >= 0.6 is 0 Å². The number of nitrogens with zero attached hydrogens (tertiary/aromatic N) is 3. The molecule has 1 aliphatic carbocycles. The molecule has 1 aromatic heterocycles. The van der Waals surface area contributed by atoms with Gasteiger partial charge in [0.2, 0.25) is 0 Å². The van der Waals surface area contributed by atoms with Crippen molar-refractivity contribution in [1.29, 1.82) is 0 Å². The van der Waals surface area contributed by atoms with Crippen molar-refractivity contribution in [2.24, 2.45) is 13.0 Å². The van der Waals surface area contributed by atoms with Gasteiger partial charge in [0.15, 0.2) is 0 Å². The fraction of sp³-hybridized carbons (Fsp3) is 0.800. The highest BCUT2D eigenvalue weighted by molar-refractivity contribution is 5.09. The van der Waals surface area contributed by atoms with Crippen molar-refractivity contribution in [3.63, 3.8) is 0 Å². The smallest absolute Gasteiger partial charge is 0.0597 e. The maximum Gasteiger partial charge on any atom is 0.0597 e. The van der Waals surface area contributed by atoms with Crippen molar-refractivity contribution in [2.45, 2.75) is 51.7 Å². The summed E-state index contributed by atoms with van der Waals surface area (Å²) >= 11 is 0. The molecule has 0 amide bonds. The van der Waals surface area contributed by atoms with E-state index in [2.05, 4.69) is 42.3 Å². The van der Waals surface area contributed by atoms with Gasteiger partial charge in [0.05, 0.1) is 11.4 Å². The van der Waals surface area contributed by atoms with Crippen molar-refractivity contribution in [3.8, 4) is 0 Å². The molecule has 1 N–H and O–H groups in total. The molecular formula is C15H26N4. The lowest BCUT2D eigenvalue weighted by Gasteiger charge is -2.40. The molecule has 1 aliphatic heterocycles. The molecule has 19 heavy (non-hydrogen) atoms. The third-order valence-corrected chi connectivity index (χ3v) is 4.69. The molecule has 2 heterocycles. The lowest BCUT2D eigenvalue weighted by molar-refractivity contribution is 0.109. The van der Waals surface area contributed by atoms with E-state index in [1.54, 1.807) is 0 Å². The van der Waals surface area contributed by atoms with Crippen LogP contribution in [0.5, 0.6) is 0 Å². The number of aromatic nitrogens is 2. The van der Waals surface area contributed by atoms with E-state index in [1.807, 2.05) is 4.68 Å². The Hall–Kier alpha value is -0.870. The average molecular weight is 262 g/mol. The van der Waals surface area contributed by atoms with Crippen molar-refractivity contribution in [3.05, 3.63) is 17.5 Å². The van der Waals surface area contributed by atoms with Crippen LogP contribution in [0.4, 0.5) is 0 Å². The lowest BCUT2D eigenvalue weighted by Crippen LogP contribution is -2.56. The molecule has 0 radical (unpaired) electrons. The van der Waals surface area contributed by atoms with Crippen LogP contribution in [0, 0.1) is 12.8 Å². The normalized spacial score (nSPS) is 28.8. The van der Waals surface area contributed by atoms with Gasteiger partial charge in [-0.1, -0.05) is 6.92 Å². The second-order valence-corrected chi connectivity index (χ2v) is 6.24. The molecule has 3 rings (SSSR count). The van der Waals surface area contributed by atoms with Gasteiger partial charge in [-0.05, 0) is 38.2 Å². The van der Waals surface area contributed by atoms with Crippen LogP contribution in [0.3, 0.4) is 0 Å². The van der Waals surface area contributed by atoms with E-state index < -0.39 is 0 Å². The Labute approximate surface area is 116 Å². The van der Waals surface area contributed by atoms with E-state index >= 15 is 0 Å². The average Bonchev–Trinajstić information content (AvgIpc) is 3.17. The van der Waals surface area contributed by atoms with Crippen molar-refractivity contribution in [2.75, 3.05) is 13.1 Å². The Morgan fingerprint density at radius 2 is 2.21 bits per heavy atom. The standard InChI is InChI=1S/C15H26N4/c1-4-13-8-16-15(12-5-6-12)10-19(13)9-14-7-11(2)17-18(14)3/h7,12-13,15-16H,4-6,8-10H2,1-3H3. The lowest BCUT2D eigenvalue weighted by atomic mass is 10.0. The molecule has 1 saturated heterocycles. The van der Waals surface area contributed by atoms with Gasteiger partial charge in [-0.3, -0.25) is 9.58 Å². The van der Waals surface area contributed by atoms with Gasteiger partial charge in [0.1, 0.15) is 0 Å². The minimum absolute atomic E-state index is 0.671. The number of rotatable bonds is 4. The summed E-state index contributed by atoms with van der Waals surface area (Å²) in [4.78, 5) is 2.66. The van der Waals surface area contributed by atoms with E-state index in [1.165, 1.54) is 31.5 Å². The summed E-state index contributed by atoms with van der Waals surface area (Å²) in [7, 11) is 2.06. The number of nitrogens with one attached hydrogen (secondary N) is 1. The predicted molar refractivity (Wildman–Crippen MR) is 76.9 cm³/mol. The zero-order valence-corrected chi connectivity index (χ0v) is 12.4. The van der Waals surface area contributed by atoms with Crippen molar-refractivity contribution >= 4 is 0 Å². The molecule has 2 atom stereocenters. The van der Waals surface area contributed by atoms with E-state index in [0.29, 0.717) is 6.04 Å². The second-order valence-electron chi connectivity index (χ2n) is 6.24. The largest absolute Gasteiger partial charge is 0.311 e. The highest BCUT2D eigenvalue weighted by Gasteiger charge is 2.36. The van der Waals surface area contributed by atoms with Gasteiger partial charge in [0.25, 0.3) is 0 Å². The topological polar surface area (TPSA) is 33.1 Å². The first-order chi connectivity index (χ1) is 9.17. The minimum Gasteiger partial charge on any atom is -0.311 e. The molecule has 2 fully saturated rings. The molecule has 1 saturated carbocycles. The molecule has 1 aromatic rings. The minimum atomic E-state index is 0.671. The Kier molecular flexibility index (Phi) is 3.63. The molecule has 4 heteroatoms. The third-order valence-electron chi connectivity index (χ3n) is 4.69. The Balaban J connectivity index is 1.70. The molecule has 2 unspecified atom stereocenters. The summed E-state index contributed by atoms with van der Waals surface area (Å²) in [5, 5.41) is 8.22. The highest BCUT2D eigenvalue weighted by atomic mass is 15.3. The van der Waals surface area contributed by atoms with Crippen LogP contribution in [-0.2, 0) is 13.6 Å².